The molecule has 18 heteroatoms. The van der Waals surface area contributed by atoms with Crippen molar-refractivity contribution in [1.29, 1.82) is 0 Å². The number of nitrogens with one attached hydrogen (secondary N) is 3. The highest BCUT2D eigenvalue weighted by Gasteiger charge is 2.56. The van der Waals surface area contributed by atoms with Gasteiger partial charge in [-0.1, -0.05) is 32.6 Å². The molecule has 2 saturated heterocycles. The fraction of sp³-hybridized carbons (Fsp3) is 0.719. The summed E-state index contributed by atoms with van der Waals surface area (Å²) < 4.78 is 28.8. The molecule has 4 rings (SSSR count). The van der Waals surface area contributed by atoms with Crippen molar-refractivity contribution in [3.8, 4) is 0 Å². The summed E-state index contributed by atoms with van der Waals surface area (Å²) in [6, 6.07) is -1.78. The summed E-state index contributed by atoms with van der Waals surface area (Å²) in [6.07, 6.45) is -4.52. The molecule has 0 aromatic carbocycles. The van der Waals surface area contributed by atoms with Crippen LogP contribution < -0.4 is 21.7 Å². The average molecular weight is 712 g/mol. The van der Waals surface area contributed by atoms with E-state index in [0.29, 0.717) is 19.3 Å². The highest BCUT2D eigenvalue weighted by Crippen LogP contribution is 2.34. The van der Waals surface area contributed by atoms with E-state index in [-0.39, 0.29) is 18.4 Å². The minimum absolute atomic E-state index is 0.0588. The number of hydrogen-bond donors (Lipinski definition) is 7. The maximum Gasteiger partial charge on any atom is 0.325 e. The van der Waals surface area contributed by atoms with Gasteiger partial charge in [-0.05, 0) is 44.8 Å². The SMILES string of the molecule is CCCCCCCC(=O)O[C@@H]1[C@H](OC)[C@@H]([C@@H](O[C@H]2OC(C(=O)N[C@H]3CCC[C@@H](C)NC3=O)=C[C@H](O)[C@@H]2O)C(N)=O)O[C@H]1N1C=CC(O)NC1=O. The Balaban J connectivity index is 1.53. The molecule has 4 aliphatic rings. The third-order valence-electron chi connectivity index (χ3n) is 8.88. The molecule has 18 nitrogen and oxygen atoms in total. The highest BCUT2D eigenvalue weighted by atomic mass is 16.7. The van der Waals surface area contributed by atoms with Crippen molar-refractivity contribution in [2.75, 3.05) is 7.11 Å². The number of carbonyl (C=O) groups excluding carboxylic acids is 5. The Morgan fingerprint density at radius 1 is 1.10 bits per heavy atom. The largest absolute Gasteiger partial charge is 0.456 e. The third-order valence-corrected chi connectivity index (χ3v) is 8.88. The van der Waals surface area contributed by atoms with Crippen molar-refractivity contribution in [1.82, 2.24) is 20.9 Å². The van der Waals surface area contributed by atoms with Crippen molar-refractivity contribution in [3.63, 3.8) is 0 Å². The molecule has 0 bridgehead atoms. The van der Waals surface area contributed by atoms with Crippen LogP contribution in [-0.2, 0) is 42.9 Å². The lowest BCUT2D eigenvalue weighted by molar-refractivity contribution is -0.241. The fourth-order valence-corrected chi connectivity index (χ4v) is 6.18. The topological polar surface area (TPSA) is 258 Å². The maximum absolute atomic E-state index is 13.1. The molecule has 0 radical (unpaired) electrons. The number of hydrogen-bond acceptors (Lipinski definition) is 13. The Bertz CT molecular complexity index is 1300. The van der Waals surface area contributed by atoms with Crippen LogP contribution in [0.5, 0.6) is 0 Å². The second kappa shape index (κ2) is 17.9. The summed E-state index contributed by atoms with van der Waals surface area (Å²) in [4.78, 5) is 65.4. The number of unbranched alkanes of at least 4 members (excludes halogenated alkanes) is 4. The number of esters is 1. The van der Waals surface area contributed by atoms with Gasteiger partial charge in [0.2, 0.25) is 18.1 Å². The summed E-state index contributed by atoms with van der Waals surface area (Å²) in [5.41, 5.74) is 5.73. The molecule has 4 heterocycles. The lowest BCUT2D eigenvalue weighted by Crippen LogP contribution is -2.54. The Kier molecular flexibility index (Phi) is 14.0. The van der Waals surface area contributed by atoms with Crippen LogP contribution in [0, 0.1) is 0 Å². The van der Waals surface area contributed by atoms with Gasteiger partial charge in [-0.2, -0.15) is 0 Å². The lowest BCUT2D eigenvalue weighted by atomic mass is 10.0. The summed E-state index contributed by atoms with van der Waals surface area (Å²) >= 11 is 0. The van der Waals surface area contributed by atoms with E-state index in [2.05, 4.69) is 22.9 Å². The number of urea groups is 1. The van der Waals surface area contributed by atoms with Gasteiger partial charge in [0, 0.05) is 25.8 Å². The second-order valence-electron chi connectivity index (χ2n) is 12.8. The normalized spacial score (nSPS) is 33.3. The molecule has 0 aromatic rings. The first kappa shape index (κ1) is 39.0. The number of nitrogens with zero attached hydrogens (tertiary/aromatic N) is 1. The van der Waals surface area contributed by atoms with Crippen molar-refractivity contribution in [3.05, 3.63) is 24.1 Å². The Morgan fingerprint density at radius 2 is 1.84 bits per heavy atom. The fourth-order valence-electron chi connectivity index (χ4n) is 6.18. The van der Waals surface area contributed by atoms with Crippen LogP contribution in [0.15, 0.2) is 24.1 Å². The van der Waals surface area contributed by atoms with Crippen LogP contribution in [0.2, 0.25) is 0 Å². The van der Waals surface area contributed by atoms with E-state index >= 15 is 0 Å². The van der Waals surface area contributed by atoms with Crippen LogP contribution >= 0.6 is 0 Å². The van der Waals surface area contributed by atoms with Crippen molar-refractivity contribution in [2.45, 2.75) is 139 Å². The number of ether oxygens (including phenoxy) is 5. The van der Waals surface area contributed by atoms with Gasteiger partial charge in [-0.25, -0.2) is 4.79 Å². The molecule has 0 spiro atoms. The van der Waals surface area contributed by atoms with Crippen LogP contribution in [0.3, 0.4) is 0 Å². The number of nitrogens with two attached hydrogens (primary N) is 1. The first-order valence-electron chi connectivity index (χ1n) is 17.0. The van der Waals surface area contributed by atoms with Crippen LogP contribution in [0.25, 0.3) is 0 Å². The van der Waals surface area contributed by atoms with E-state index in [0.717, 1.165) is 43.1 Å². The predicted octanol–water partition coefficient (Wildman–Crippen LogP) is -1.14. The van der Waals surface area contributed by atoms with E-state index < -0.39 is 91.0 Å². The molecule has 50 heavy (non-hydrogen) atoms. The van der Waals surface area contributed by atoms with Gasteiger partial charge in [0.25, 0.3) is 5.91 Å². The van der Waals surface area contributed by atoms with Gasteiger partial charge in [-0.3, -0.25) is 24.1 Å². The van der Waals surface area contributed by atoms with E-state index in [1.54, 1.807) is 0 Å². The number of aliphatic hydroxyl groups excluding tert-OH is 3. The molecule has 280 valence electrons. The molecule has 1 unspecified atom stereocenters. The number of methoxy groups -OCH3 is 1. The van der Waals surface area contributed by atoms with Crippen molar-refractivity contribution >= 4 is 29.7 Å². The van der Waals surface area contributed by atoms with Gasteiger partial charge in [0.15, 0.2) is 24.2 Å². The molecular formula is C32H49N5O13. The summed E-state index contributed by atoms with van der Waals surface area (Å²) in [5, 5.41) is 38.8. The van der Waals surface area contributed by atoms with Gasteiger partial charge < -0.3 is 60.7 Å². The first-order chi connectivity index (χ1) is 23.8. The Morgan fingerprint density at radius 3 is 2.52 bits per heavy atom. The molecule has 11 atom stereocenters. The summed E-state index contributed by atoms with van der Waals surface area (Å²) in [5.74, 6) is -3.53. The lowest BCUT2D eigenvalue weighted by Gasteiger charge is -2.35. The summed E-state index contributed by atoms with van der Waals surface area (Å²) in [6.45, 7) is 3.91. The second-order valence-corrected chi connectivity index (χ2v) is 12.8. The van der Waals surface area contributed by atoms with Crippen LogP contribution in [-0.4, -0.2) is 125 Å². The van der Waals surface area contributed by atoms with Crippen LogP contribution in [0.1, 0.15) is 71.6 Å². The van der Waals surface area contributed by atoms with Gasteiger partial charge in [0.05, 0.1) is 0 Å². The highest BCUT2D eigenvalue weighted by molar-refractivity contribution is 5.95. The molecular weight excluding hydrogens is 662 g/mol. The van der Waals surface area contributed by atoms with E-state index in [1.165, 1.54) is 19.4 Å². The van der Waals surface area contributed by atoms with Crippen LogP contribution in [0.4, 0.5) is 4.79 Å². The quantitative estimate of drug-likeness (QED) is 0.0784. The number of aliphatic hydroxyl groups is 3. The van der Waals surface area contributed by atoms with E-state index in [4.69, 9.17) is 29.4 Å². The maximum atomic E-state index is 13.1. The van der Waals surface area contributed by atoms with Gasteiger partial charge >= 0.3 is 12.0 Å². The minimum atomic E-state index is -1.87. The zero-order valence-electron chi connectivity index (χ0n) is 28.4. The van der Waals surface area contributed by atoms with Gasteiger partial charge in [-0.15, -0.1) is 0 Å². The summed E-state index contributed by atoms with van der Waals surface area (Å²) in [7, 11) is 1.24. The monoisotopic (exact) mass is 711 g/mol. The number of carbonyl (C=O) groups is 5. The average Bonchev–Trinajstić information content (AvgIpc) is 3.32. The molecule has 5 amide bonds. The molecule has 4 aliphatic heterocycles. The Labute approximate surface area is 289 Å². The number of primary amides is 1. The molecule has 0 aliphatic carbocycles. The van der Waals surface area contributed by atoms with Crippen molar-refractivity contribution < 1.29 is 63.0 Å². The standard InChI is InChI=1S/C32H49N5O13/c1-4-5-6-7-8-12-21(40)48-26-23(46-3)24(49-30(26)37-14-13-20(39)36-32(37)45)25(27(33)42)50-31-22(41)18(38)15-19(47-31)29(44)35-17-11-9-10-16(2)34-28(17)43/h13-18,20,22-26,30-31,38-39,41H,4-12H2,1-3H3,(H2,33,42)(H,34,43)(H,35,44)(H,36,45)/t16-,17+,18+,20?,22+,23-,24+,25-,26-,30-,31-/m1/s1. The van der Waals surface area contributed by atoms with E-state index in [1.807, 2.05) is 6.92 Å². The molecule has 0 aromatic heterocycles. The molecule has 2 fully saturated rings. The smallest absolute Gasteiger partial charge is 0.325 e. The number of rotatable bonds is 15. The molecule has 8 N–H and O–H groups in total. The van der Waals surface area contributed by atoms with Gasteiger partial charge in [0.1, 0.15) is 36.7 Å². The predicted molar refractivity (Wildman–Crippen MR) is 171 cm³/mol. The minimum Gasteiger partial charge on any atom is -0.456 e. The number of amides is 5. The first-order valence-corrected chi connectivity index (χ1v) is 17.0. The zero-order valence-corrected chi connectivity index (χ0v) is 28.4. The Hall–Kier alpha value is -3.81. The van der Waals surface area contributed by atoms with Crippen molar-refractivity contribution in [2.24, 2.45) is 5.73 Å². The van der Waals surface area contributed by atoms with E-state index in [9.17, 15) is 39.3 Å². The molecule has 0 saturated carbocycles. The third kappa shape index (κ3) is 9.70. The zero-order chi connectivity index (χ0) is 36.5.